The Kier molecular flexibility index (Phi) is 7.26. The number of esters is 1. The van der Waals surface area contributed by atoms with Crippen LogP contribution in [0.1, 0.15) is 21.5 Å². The van der Waals surface area contributed by atoms with Crippen LogP contribution in [-0.2, 0) is 27.4 Å². The number of carbonyl (C=O) groups is 3. The van der Waals surface area contributed by atoms with E-state index in [1.807, 2.05) is 30.3 Å². The fourth-order valence-electron chi connectivity index (χ4n) is 2.74. The first-order chi connectivity index (χ1) is 15.0. The van der Waals surface area contributed by atoms with Crippen LogP contribution in [0.3, 0.4) is 0 Å². The second kappa shape index (κ2) is 10.5. The van der Waals surface area contributed by atoms with E-state index < -0.39 is 5.97 Å². The van der Waals surface area contributed by atoms with Crippen LogP contribution >= 0.6 is 0 Å². The van der Waals surface area contributed by atoms with Gasteiger partial charge in [0.1, 0.15) is 19.2 Å². The number of carbonyl (C=O) groups excluding carboxylic acids is 3. The highest BCUT2D eigenvalue weighted by atomic mass is 16.5. The summed E-state index contributed by atoms with van der Waals surface area (Å²) in [6.07, 6.45) is 5.87. The summed E-state index contributed by atoms with van der Waals surface area (Å²) < 4.78 is 6.17. The molecule has 9 nitrogen and oxygen atoms in total. The smallest absolute Gasteiger partial charge is 0.337 e. The van der Waals surface area contributed by atoms with Gasteiger partial charge in [-0.25, -0.2) is 14.5 Å². The molecule has 2 amide bonds. The zero-order valence-corrected chi connectivity index (χ0v) is 16.8. The number of aromatic nitrogens is 3. The van der Waals surface area contributed by atoms with Crippen molar-refractivity contribution >= 4 is 29.5 Å². The first-order valence-electron chi connectivity index (χ1n) is 9.39. The summed E-state index contributed by atoms with van der Waals surface area (Å²) in [4.78, 5) is 40.2. The Hall–Kier alpha value is -4.27. The summed E-state index contributed by atoms with van der Waals surface area (Å²) in [6, 6.07) is 14.2. The van der Waals surface area contributed by atoms with E-state index >= 15 is 0 Å². The highest BCUT2D eigenvalue weighted by Crippen LogP contribution is 2.17. The number of hydrogen-bond donors (Lipinski definition) is 2. The molecule has 3 aromatic rings. The van der Waals surface area contributed by atoms with Crippen LogP contribution in [0, 0.1) is 0 Å². The molecule has 0 fully saturated rings. The van der Waals surface area contributed by atoms with Crippen molar-refractivity contribution in [3.8, 4) is 0 Å². The van der Waals surface area contributed by atoms with Crippen molar-refractivity contribution in [1.82, 2.24) is 20.1 Å². The van der Waals surface area contributed by atoms with E-state index in [1.54, 1.807) is 18.2 Å². The van der Waals surface area contributed by atoms with Crippen molar-refractivity contribution < 1.29 is 19.1 Å². The number of hydrogen-bond acceptors (Lipinski definition) is 6. The normalized spacial score (nSPS) is 10.6. The lowest BCUT2D eigenvalue weighted by Crippen LogP contribution is -2.27. The fraction of sp³-hybridized carbons (Fsp3) is 0.136. The van der Waals surface area contributed by atoms with Crippen LogP contribution in [0.2, 0.25) is 0 Å². The summed E-state index contributed by atoms with van der Waals surface area (Å²) in [5, 5.41) is 9.34. The second-order valence-corrected chi connectivity index (χ2v) is 6.51. The molecule has 31 heavy (non-hydrogen) atoms. The molecule has 0 atom stereocenters. The van der Waals surface area contributed by atoms with E-state index in [-0.39, 0.29) is 30.5 Å². The molecule has 158 valence electrons. The third-order valence-electron chi connectivity index (χ3n) is 4.17. The van der Waals surface area contributed by atoms with Crippen LogP contribution in [-0.4, -0.2) is 39.7 Å². The molecule has 3 rings (SSSR count). The monoisotopic (exact) mass is 419 g/mol. The molecule has 1 aromatic heterocycles. The Morgan fingerprint density at radius 1 is 1.13 bits per heavy atom. The zero-order chi connectivity index (χ0) is 22.1. The number of rotatable bonds is 8. The number of ether oxygens (including phenoxy) is 1. The van der Waals surface area contributed by atoms with Gasteiger partial charge >= 0.3 is 5.97 Å². The summed E-state index contributed by atoms with van der Waals surface area (Å²) in [5.41, 5.74) is 2.17. The molecular formula is C22H21N5O4. The highest BCUT2D eigenvalue weighted by molar-refractivity contribution is 6.02. The van der Waals surface area contributed by atoms with Gasteiger partial charge in [0.05, 0.1) is 12.7 Å². The molecule has 0 aliphatic rings. The van der Waals surface area contributed by atoms with Crippen LogP contribution in [0.4, 0.5) is 5.69 Å². The highest BCUT2D eigenvalue weighted by Gasteiger charge is 2.11. The lowest BCUT2D eigenvalue weighted by atomic mass is 10.1. The second-order valence-electron chi connectivity index (χ2n) is 6.51. The lowest BCUT2D eigenvalue weighted by Gasteiger charge is -2.10. The molecule has 2 N–H and O–H groups in total. The van der Waals surface area contributed by atoms with Gasteiger partial charge < -0.3 is 15.4 Å². The Morgan fingerprint density at radius 3 is 2.65 bits per heavy atom. The lowest BCUT2D eigenvalue weighted by molar-refractivity contribution is -0.122. The summed E-state index contributed by atoms with van der Waals surface area (Å²) in [5.74, 6) is -1.18. The quantitative estimate of drug-likeness (QED) is 0.426. The van der Waals surface area contributed by atoms with Crippen molar-refractivity contribution in [2.75, 3.05) is 12.4 Å². The summed E-state index contributed by atoms with van der Waals surface area (Å²) in [6.45, 7) is 0.172. The molecule has 1 heterocycles. The average Bonchev–Trinajstić information content (AvgIpc) is 3.29. The molecule has 0 unspecified atom stereocenters. The predicted octanol–water partition coefficient (Wildman–Crippen LogP) is 2.03. The third kappa shape index (κ3) is 6.64. The van der Waals surface area contributed by atoms with Crippen molar-refractivity contribution in [2.24, 2.45) is 0 Å². The predicted molar refractivity (Wildman–Crippen MR) is 114 cm³/mol. The van der Waals surface area contributed by atoms with Crippen LogP contribution < -0.4 is 10.6 Å². The van der Waals surface area contributed by atoms with Crippen molar-refractivity contribution in [2.45, 2.75) is 13.1 Å². The van der Waals surface area contributed by atoms with Crippen molar-refractivity contribution in [1.29, 1.82) is 0 Å². The van der Waals surface area contributed by atoms with Crippen LogP contribution in [0.25, 0.3) is 6.08 Å². The third-order valence-corrected chi connectivity index (χ3v) is 4.17. The standard InChI is InChI=1S/C22H21N5O4/c1-31-22(30)18-9-17(12-24-21(29)13-27-15-23-14-25-27)10-19(11-18)26-20(28)8-7-16-5-3-2-4-6-16/h2-11,14-15H,12-13H2,1H3,(H,24,29)(H,26,28)/b8-7+. The van der Waals surface area contributed by atoms with Gasteiger partial charge in [0.2, 0.25) is 11.8 Å². The first kappa shape index (κ1) is 21.4. The van der Waals surface area contributed by atoms with Gasteiger partial charge in [0.15, 0.2) is 0 Å². The minimum Gasteiger partial charge on any atom is -0.465 e. The molecular weight excluding hydrogens is 398 g/mol. The largest absolute Gasteiger partial charge is 0.465 e. The Balaban J connectivity index is 1.69. The van der Waals surface area contributed by atoms with E-state index in [0.29, 0.717) is 11.3 Å². The van der Waals surface area contributed by atoms with E-state index in [4.69, 9.17) is 4.74 Å². The van der Waals surface area contributed by atoms with Crippen molar-refractivity contribution in [3.63, 3.8) is 0 Å². The first-order valence-corrected chi connectivity index (χ1v) is 9.39. The Labute approximate surface area is 178 Å². The average molecular weight is 419 g/mol. The number of nitrogens with zero attached hydrogens (tertiary/aromatic N) is 3. The SMILES string of the molecule is COC(=O)c1cc(CNC(=O)Cn2cncn2)cc(NC(=O)/C=C/c2ccccc2)c1. The molecule has 2 aromatic carbocycles. The summed E-state index contributed by atoms with van der Waals surface area (Å²) >= 11 is 0. The van der Waals surface area contributed by atoms with Gasteiger partial charge in [-0.3, -0.25) is 9.59 Å². The van der Waals surface area contributed by atoms with E-state index in [2.05, 4.69) is 20.7 Å². The van der Waals surface area contributed by atoms with Gasteiger partial charge in [-0.2, -0.15) is 5.10 Å². The number of nitrogens with one attached hydrogen (secondary N) is 2. The Morgan fingerprint density at radius 2 is 1.94 bits per heavy atom. The van der Waals surface area contributed by atoms with Crippen LogP contribution in [0.15, 0.2) is 67.3 Å². The molecule has 0 aliphatic heterocycles. The van der Waals surface area contributed by atoms with Gasteiger partial charge in [-0.05, 0) is 35.4 Å². The molecule has 9 heteroatoms. The number of benzene rings is 2. The summed E-state index contributed by atoms with van der Waals surface area (Å²) in [7, 11) is 1.27. The topological polar surface area (TPSA) is 115 Å². The maximum Gasteiger partial charge on any atom is 0.337 e. The van der Waals surface area contributed by atoms with E-state index in [0.717, 1.165) is 5.56 Å². The minimum absolute atomic E-state index is 0.0184. The maximum absolute atomic E-state index is 12.3. The molecule has 0 aliphatic carbocycles. The van der Waals surface area contributed by atoms with Gasteiger partial charge in [-0.15, -0.1) is 0 Å². The molecule has 0 radical (unpaired) electrons. The maximum atomic E-state index is 12.3. The van der Waals surface area contributed by atoms with Crippen molar-refractivity contribution in [3.05, 3.63) is 84.0 Å². The van der Waals surface area contributed by atoms with E-state index in [9.17, 15) is 14.4 Å². The number of amides is 2. The number of anilines is 1. The van der Waals surface area contributed by atoms with Gasteiger partial charge in [-0.1, -0.05) is 30.3 Å². The van der Waals surface area contributed by atoms with Crippen LogP contribution in [0.5, 0.6) is 0 Å². The van der Waals surface area contributed by atoms with Gasteiger partial charge in [0.25, 0.3) is 0 Å². The van der Waals surface area contributed by atoms with Gasteiger partial charge in [0, 0.05) is 18.3 Å². The molecule has 0 bridgehead atoms. The Bertz CT molecular complexity index is 1080. The fourth-order valence-corrected chi connectivity index (χ4v) is 2.74. The van der Waals surface area contributed by atoms with E-state index in [1.165, 1.54) is 36.6 Å². The molecule has 0 saturated carbocycles. The zero-order valence-electron chi connectivity index (χ0n) is 16.8. The molecule has 0 spiro atoms. The molecule has 0 saturated heterocycles. The minimum atomic E-state index is -0.550. The number of methoxy groups -OCH3 is 1.